The van der Waals surface area contributed by atoms with Crippen LogP contribution in [0.2, 0.25) is 14.8 Å². The van der Waals surface area contributed by atoms with Crippen LogP contribution in [0.15, 0.2) is 36.4 Å². The summed E-state index contributed by atoms with van der Waals surface area (Å²) in [5, 5.41) is 2.92. The molecule has 0 aromatic heterocycles. The maximum atomic E-state index is 2.48. The summed E-state index contributed by atoms with van der Waals surface area (Å²) in [5.74, 6) is 0. The van der Waals surface area contributed by atoms with Crippen LogP contribution in [0.25, 0.3) is 10.8 Å². The van der Waals surface area contributed by atoms with Crippen molar-refractivity contribution in [3.05, 3.63) is 42.0 Å². The summed E-state index contributed by atoms with van der Waals surface area (Å²) in [7, 11) is 0. The molecule has 15 heavy (non-hydrogen) atoms. The van der Waals surface area contributed by atoms with Crippen LogP contribution in [-0.4, -0.2) is 18.4 Å². The zero-order valence-corrected chi connectivity index (χ0v) is 12.8. The molecule has 1 heteroatoms. The van der Waals surface area contributed by atoms with Gasteiger partial charge in [-0.25, -0.2) is 0 Å². The monoisotopic (exact) mass is 306 g/mol. The van der Waals surface area contributed by atoms with Crippen molar-refractivity contribution in [3.63, 3.8) is 0 Å². The molecule has 2 aromatic carbocycles. The molecule has 2 aromatic rings. The van der Waals surface area contributed by atoms with E-state index < -0.39 is 18.4 Å². The Hall–Kier alpha value is -0.501. The van der Waals surface area contributed by atoms with Crippen LogP contribution in [0.5, 0.6) is 0 Å². The average Bonchev–Trinajstić information content (AvgIpc) is 2.17. The molecule has 0 aliphatic rings. The predicted molar refractivity (Wildman–Crippen MR) is 71.7 cm³/mol. The third kappa shape index (κ3) is 2.05. The number of hydrogen-bond donors (Lipinski definition) is 0. The van der Waals surface area contributed by atoms with Crippen LogP contribution in [-0.2, 0) is 0 Å². The Morgan fingerprint density at radius 1 is 0.800 bits per heavy atom. The third-order valence-electron chi connectivity index (χ3n) is 2.95. The number of aryl methyl sites for hydroxylation is 1. The molecule has 0 aliphatic carbocycles. The van der Waals surface area contributed by atoms with Gasteiger partial charge in [-0.1, -0.05) is 0 Å². The van der Waals surface area contributed by atoms with Crippen LogP contribution < -0.4 is 3.58 Å². The summed E-state index contributed by atoms with van der Waals surface area (Å²) in [6.07, 6.45) is 0. The predicted octanol–water partition coefficient (Wildman–Crippen LogP) is 3.69. The number of fused-ring (bicyclic) bond motifs is 1. The molecule has 0 atom stereocenters. The minimum absolute atomic E-state index is 1.39. The van der Waals surface area contributed by atoms with Gasteiger partial charge in [0.1, 0.15) is 0 Å². The Labute approximate surface area is 96.2 Å². The van der Waals surface area contributed by atoms with Crippen LogP contribution in [0.3, 0.4) is 0 Å². The zero-order chi connectivity index (χ0) is 11.1. The molecule has 0 bridgehead atoms. The molecule has 78 valence electrons. The van der Waals surface area contributed by atoms with E-state index in [1.807, 2.05) is 0 Å². The van der Waals surface area contributed by atoms with Crippen molar-refractivity contribution in [2.24, 2.45) is 0 Å². The summed E-state index contributed by atoms with van der Waals surface area (Å²) >= 11 is -1.96. The van der Waals surface area contributed by atoms with Crippen molar-refractivity contribution in [2.75, 3.05) is 0 Å². The summed E-state index contributed by atoms with van der Waals surface area (Å²) in [5.41, 5.74) is 1.39. The summed E-state index contributed by atoms with van der Waals surface area (Å²) in [6.45, 7) is 2.20. The van der Waals surface area contributed by atoms with E-state index in [0.29, 0.717) is 0 Å². The van der Waals surface area contributed by atoms with Crippen molar-refractivity contribution in [3.8, 4) is 0 Å². The first-order valence-corrected chi connectivity index (χ1v) is 15.5. The van der Waals surface area contributed by atoms with E-state index in [-0.39, 0.29) is 0 Å². The van der Waals surface area contributed by atoms with Crippen molar-refractivity contribution in [1.29, 1.82) is 0 Å². The Morgan fingerprint density at radius 3 is 2.00 bits per heavy atom. The third-order valence-corrected chi connectivity index (χ3v) is 8.81. The zero-order valence-electron chi connectivity index (χ0n) is 9.96. The molecular formula is C14H18Sn. The molecule has 0 N–H and O–H groups in total. The molecule has 0 unspecified atom stereocenters. The molecule has 0 radical (unpaired) electrons. The van der Waals surface area contributed by atoms with Crippen LogP contribution in [0.1, 0.15) is 5.56 Å². The van der Waals surface area contributed by atoms with E-state index in [1.165, 1.54) is 16.3 Å². The molecule has 0 fully saturated rings. The first-order valence-electron chi connectivity index (χ1n) is 5.49. The van der Waals surface area contributed by atoms with Gasteiger partial charge >= 0.3 is 96.4 Å². The van der Waals surface area contributed by atoms with Gasteiger partial charge in [-0.05, 0) is 0 Å². The van der Waals surface area contributed by atoms with Gasteiger partial charge in [0, 0.05) is 0 Å². The van der Waals surface area contributed by atoms with Gasteiger partial charge in [-0.2, -0.15) is 0 Å². The van der Waals surface area contributed by atoms with Crippen LogP contribution >= 0.6 is 0 Å². The normalized spacial score (nSPS) is 12.0. The van der Waals surface area contributed by atoms with Crippen molar-refractivity contribution in [2.45, 2.75) is 21.7 Å². The Morgan fingerprint density at radius 2 is 1.40 bits per heavy atom. The number of hydrogen-bond acceptors (Lipinski definition) is 0. The van der Waals surface area contributed by atoms with Gasteiger partial charge in [0.2, 0.25) is 0 Å². The molecular weight excluding hydrogens is 287 g/mol. The van der Waals surface area contributed by atoms with E-state index in [2.05, 4.69) is 58.1 Å². The fourth-order valence-electron chi connectivity index (χ4n) is 2.10. The molecule has 0 spiro atoms. The van der Waals surface area contributed by atoms with Gasteiger partial charge in [-0.3, -0.25) is 0 Å². The van der Waals surface area contributed by atoms with Gasteiger partial charge in [-0.15, -0.1) is 0 Å². The molecule has 0 saturated heterocycles. The second kappa shape index (κ2) is 3.82. The van der Waals surface area contributed by atoms with Crippen LogP contribution in [0.4, 0.5) is 0 Å². The van der Waals surface area contributed by atoms with Crippen molar-refractivity contribution >= 4 is 32.7 Å². The van der Waals surface area contributed by atoms with Crippen molar-refractivity contribution < 1.29 is 0 Å². The van der Waals surface area contributed by atoms with Crippen LogP contribution in [0, 0.1) is 6.92 Å². The molecule has 0 nitrogen and oxygen atoms in total. The minimum atomic E-state index is -1.96. The Kier molecular flexibility index (Phi) is 2.80. The molecule has 0 saturated carbocycles. The standard InChI is InChI=1S/C11H9.3CH3.Sn/c1-9-5-4-7-10-6-2-3-8-11(9)10;;;;/h2-6,8H,1H3;3*1H3;. The van der Waals surface area contributed by atoms with Crippen molar-refractivity contribution in [1.82, 2.24) is 0 Å². The molecule has 0 aliphatic heterocycles. The summed E-state index contributed by atoms with van der Waals surface area (Å²) in [6, 6.07) is 13.4. The van der Waals surface area contributed by atoms with E-state index in [4.69, 9.17) is 0 Å². The van der Waals surface area contributed by atoms with E-state index in [1.54, 1.807) is 3.58 Å². The van der Waals surface area contributed by atoms with Gasteiger partial charge in [0.15, 0.2) is 0 Å². The topological polar surface area (TPSA) is 0 Å². The number of benzene rings is 2. The quantitative estimate of drug-likeness (QED) is 0.705. The average molecular weight is 305 g/mol. The fraction of sp³-hybridized carbons (Fsp3) is 0.286. The van der Waals surface area contributed by atoms with E-state index >= 15 is 0 Å². The first kappa shape index (κ1) is 11.0. The Bertz CT molecular complexity index is 492. The summed E-state index contributed by atoms with van der Waals surface area (Å²) < 4.78 is 1.64. The number of rotatable bonds is 1. The molecule has 0 amide bonds. The molecule has 0 heterocycles. The van der Waals surface area contributed by atoms with Gasteiger partial charge in [0.25, 0.3) is 0 Å². The van der Waals surface area contributed by atoms with E-state index in [0.717, 1.165) is 0 Å². The van der Waals surface area contributed by atoms with Gasteiger partial charge < -0.3 is 0 Å². The second-order valence-corrected chi connectivity index (χ2v) is 19.6. The van der Waals surface area contributed by atoms with E-state index in [9.17, 15) is 0 Å². The second-order valence-electron chi connectivity index (χ2n) is 5.23. The summed E-state index contributed by atoms with van der Waals surface area (Å²) in [4.78, 5) is 7.43. The SMILES string of the molecule is Cc1cc[c]([Sn]([CH3])([CH3])[CH3])c2ccccc12. The van der Waals surface area contributed by atoms with Gasteiger partial charge in [0.05, 0.1) is 0 Å². The maximum absolute atomic E-state index is 2.48. The molecule has 2 rings (SSSR count). The first-order chi connectivity index (χ1) is 7.00. The fourth-order valence-corrected chi connectivity index (χ4v) is 6.70. The Balaban J connectivity index is 2.84.